The molecule has 0 amide bonds. The number of aliphatic hydroxyl groups is 2. The van der Waals surface area contributed by atoms with Crippen LogP contribution in [-0.2, 0) is 58.0 Å². The Bertz CT molecular complexity index is 1690. The number of hydrogen-bond donors (Lipinski definition) is 3. The third kappa shape index (κ3) is 10.6. The topological polar surface area (TPSA) is 187 Å². The summed E-state index contributed by atoms with van der Waals surface area (Å²) >= 11 is 3.39. The smallest absolute Gasteiger partial charge is 0.320 e. The summed E-state index contributed by atoms with van der Waals surface area (Å²) in [6.07, 6.45) is -6.21. The Labute approximate surface area is 385 Å². The molecule has 0 aliphatic carbocycles. The summed E-state index contributed by atoms with van der Waals surface area (Å²) in [5.41, 5.74) is -2.73. The number of ketones is 1. The molecule has 5 rings (SSSR count). The van der Waals surface area contributed by atoms with Crippen molar-refractivity contribution in [2.45, 2.75) is 169 Å². The minimum absolute atomic E-state index is 0.127. The first-order valence-electron chi connectivity index (χ1n) is 21.7. The maximum atomic E-state index is 14.9. The number of ether oxygens (including phenoxy) is 9. The fraction of sp³-hybridized carbons (Fsp3) is 0.800. The summed E-state index contributed by atoms with van der Waals surface area (Å²) < 4.78 is 55.3. The number of fused-ring (bicyclic) bond motifs is 1. The second-order valence-electron chi connectivity index (χ2n) is 18.5. The average molecular weight is 1010 g/mol. The Hall–Kier alpha value is -1.65. The number of benzene rings is 1. The van der Waals surface area contributed by atoms with Gasteiger partial charge in [-0.15, -0.1) is 11.8 Å². The molecule has 1 aromatic carbocycles. The molecule has 0 saturated carbocycles. The lowest BCUT2D eigenvalue weighted by molar-refractivity contribution is -0.317. The Morgan fingerprint density at radius 1 is 0.871 bits per heavy atom. The molecule has 62 heavy (non-hydrogen) atoms. The van der Waals surface area contributed by atoms with E-state index in [9.17, 15) is 24.6 Å². The fourth-order valence-electron chi connectivity index (χ4n) is 10.00. The Morgan fingerprint density at radius 2 is 1.52 bits per heavy atom. The van der Waals surface area contributed by atoms with Gasteiger partial charge in [0, 0.05) is 56.1 Å². The van der Waals surface area contributed by atoms with E-state index < -0.39 is 111 Å². The predicted octanol–water partition coefficient (Wildman–Crippen LogP) is 5.21. The van der Waals surface area contributed by atoms with Gasteiger partial charge in [-0.1, -0.05) is 32.9 Å². The van der Waals surface area contributed by atoms with E-state index in [1.807, 2.05) is 81.5 Å². The number of Topliss-reactive ketones (excluding diaryl/α,β-unsaturated/α-hetero) is 1. The van der Waals surface area contributed by atoms with E-state index in [-0.39, 0.29) is 30.8 Å². The van der Waals surface area contributed by atoms with Crippen molar-refractivity contribution in [3.63, 3.8) is 0 Å². The molecular formula is C45H70INO14S. The van der Waals surface area contributed by atoms with E-state index in [2.05, 4.69) is 5.32 Å². The molecule has 0 radical (unpaired) electrons. The average Bonchev–Trinajstić information content (AvgIpc) is 3.51. The zero-order valence-electron chi connectivity index (χ0n) is 38.5. The van der Waals surface area contributed by atoms with Gasteiger partial charge in [0.05, 0.1) is 48.6 Å². The van der Waals surface area contributed by atoms with Crippen molar-refractivity contribution >= 4 is 52.1 Å². The van der Waals surface area contributed by atoms with E-state index in [0.717, 1.165) is 5.56 Å². The van der Waals surface area contributed by atoms with Crippen molar-refractivity contribution in [1.82, 2.24) is 5.32 Å². The maximum absolute atomic E-state index is 14.9. The molecule has 0 bridgehead atoms. The number of hydrogen-bond acceptors (Lipinski definition) is 16. The minimum Gasteiger partial charge on any atom is -0.497 e. The van der Waals surface area contributed by atoms with E-state index >= 15 is 0 Å². The van der Waals surface area contributed by atoms with Crippen molar-refractivity contribution in [3.05, 3.63) is 29.8 Å². The number of esters is 2. The Morgan fingerprint density at radius 3 is 2.11 bits per heavy atom. The molecule has 15 nitrogen and oxygen atoms in total. The molecular weight excluding hydrogens is 937 g/mol. The summed E-state index contributed by atoms with van der Waals surface area (Å²) in [7, 11) is 6.42. The molecule has 4 fully saturated rings. The second kappa shape index (κ2) is 20.9. The first-order chi connectivity index (χ1) is 29.1. The number of alkyl halides is 1. The van der Waals surface area contributed by atoms with Crippen LogP contribution in [0, 0.1) is 29.6 Å². The molecule has 4 aliphatic heterocycles. The van der Waals surface area contributed by atoms with E-state index in [1.54, 1.807) is 49.0 Å². The highest BCUT2D eigenvalue weighted by Gasteiger charge is 2.62. The van der Waals surface area contributed by atoms with Crippen molar-refractivity contribution in [3.8, 4) is 5.75 Å². The Kier molecular flexibility index (Phi) is 17.3. The van der Waals surface area contributed by atoms with Crippen molar-refractivity contribution in [2.24, 2.45) is 29.6 Å². The largest absolute Gasteiger partial charge is 0.497 e. The fourth-order valence-corrected chi connectivity index (χ4v) is 12.3. The number of aliphatic hydroxyl groups excluding tert-OH is 2. The molecule has 3 N–H and O–H groups in total. The Balaban J connectivity index is 1.60. The van der Waals surface area contributed by atoms with Crippen LogP contribution >= 0.6 is 34.4 Å². The van der Waals surface area contributed by atoms with Gasteiger partial charge in [-0.2, -0.15) is 0 Å². The number of methoxy groups -OCH3 is 3. The summed E-state index contributed by atoms with van der Waals surface area (Å²) in [4.78, 5) is 43.6. The van der Waals surface area contributed by atoms with Crippen LogP contribution in [0.3, 0.4) is 0 Å². The number of halogens is 1. The van der Waals surface area contributed by atoms with Crippen LogP contribution in [0.1, 0.15) is 87.1 Å². The minimum atomic E-state index is -1.39. The number of nitrogens with one attached hydrogen (secondary N) is 1. The quantitative estimate of drug-likeness (QED) is 0.149. The molecule has 0 aromatic heterocycles. The summed E-state index contributed by atoms with van der Waals surface area (Å²) in [5, 5.41) is 25.0. The molecule has 1 aromatic rings. The van der Waals surface area contributed by atoms with E-state index in [4.69, 9.17) is 42.6 Å². The standard InChI is InChI=1S/C45H70INO14S/c1-22-19-44(8,55-13)38(59-41-34(49)30(47-10)18-23(2)56-41)25(4)35(58-31-20-43(7,54-12)37(50)27(6)57-31)26(5)39(51)60-42(46)45(9)32(24(3)33(22)48)36(40(52)61-45)62-21-28-14-16-29(53-11)17-15-28/h14-17,22-27,30-32,34-38,41-42,47,49-50H,18-21H2,1-13H3/t22-,23-,24-,25+,26-,27+,30+,31+,32+,34-,35+,36?,37+,38-,41+,42+,43-,44-,45+/m1/s1. The number of rotatable bonds is 11. The van der Waals surface area contributed by atoms with Gasteiger partial charge in [0.15, 0.2) is 22.3 Å². The monoisotopic (exact) mass is 1010 g/mol. The molecule has 352 valence electrons. The molecule has 19 atom stereocenters. The first kappa shape index (κ1) is 51.3. The third-order valence-electron chi connectivity index (χ3n) is 14.0. The van der Waals surface area contributed by atoms with E-state index in [1.165, 1.54) is 18.9 Å². The number of thioether (sulfide) groups is 1. The lowest BCUT2D eigenvalue weighted by Crippen LogP contribution is -2.61. The number of likely N-dealkylation sites (N-methyl/N-ethyl adjacent to an activating group) is 1. The molecule has 17 heteroatoms. The van der Waals surface area contributed by atoms with E-state index in [0.29, 0.717) is 17.9 Å². The predicted molar refractivity (Wildman–Crippen MR) is 240 cm³/mol. The van der Waals surface area contributed by atoms with Crippen LogP contribution in [0.15, 0.2) is 24.3 Å². The van der Waals surface area contributed by atoms with Crippen LogP contribution in [0.5, 0.6) is 5.75 Å². The van der Waals surface area contributed by atoms with Crippen LogP contribution in [-0.4, -0.2) is 138 Å². The molecule has 4 saturated heterocycles. The molecule has 1 unspecified atom stereocenters. The number of carbonyl (C=O) groups is 3. The van der Waals surface area contributed by atoms with Gasteiger partial charge >= 0.3 is 11.9 Å². The van der Waals surface area contributed by atoms with Gasteiger partial charge in [-0.05, 0) is 102 Å². The lowest BCUT2D eigenvalue weighted by Gasteiger charge is -2.49. The van der Waals surface area contributed by atoms with Crippen molar-refractivity contribution in [2.75, 3.05) is 28.4 Å². The highest BCUT2D eigenvalue weighted by Crippen LogP contribution is 2.50. The molecule has 0 spiro atoms. The molecule has 4 aliphatic rings. The third-order valence-corrected chi connectivity index (χ3v) is 16.8. The van der Waals surface area contributed by atoms with Gasteiger partial charge < -0.3 is 58.2 Å². The number of cyclic esters (lactones) is 1. The maximum Gasteiger partial charge on any atom is 0.320 e. The van der Waals surface area contributed by atoms with Gasteiger partial charge in [0.2, 0.25) is 0 Å². The normalized spacial score (nSPS) is 44.8. The summed E-state index contributed by atoms with van der Waals surface area (Å²) in [6.45, 7) is 16.2. The van der Waals surface area contributed by atoms with Gasteiger partial charge in [0.25, 0.3) is 0 Å². The summed E-state index contributed by atoms with van der Waals surface area (Å²) in [6, 6.07) is 7.22. The van der Waals surface area contributed by atoms with Gasteiger partial charge in [0.1, 0.15) is 29.0 Å². The van der Waals surface area contributed by atoms with Crippen molar-refractivity contribution < 1.29 is 67.2 Å². The van der Waals surface area contributed by atoms with Crippen LogP contribution in [0.25, 0.3) is 0 Å². The van der Waals surface area contributed by atoms with Crippen LogP contribution in [0.4, 0.5) is 0 Å². The molecule has 4 heterocycles. The number of carbonyl (C=O) groups excluding carboxylic acids is 3. The van der Waals surface area contributed by atoms with Gasteiger partial charge in [-0.3, -0.25) is 14.4 Å². The zero-order chi connectivity index (χ0) is 46.1. The zero-order valence-corrected chi connectivity index (χ0v) is 41.4. The highest BCUT2D eigenvalue weighted by atomic mass is 127. The van der Waals surface area contributed by atoms with Crippen molar-refractivity contribution in [1.29, 1.82) is 0 Å². The van der Waals surface area contributed by atoms with Crippen LogP contribution in [0.2, 0.25) is 0 Å². The highest BCUT2D eigenvalue weighted by molar-refractivity contribution is 14.1. The lowest BCUT2D eigenvalue weighted by atomic mass is 9.72. The second-order valence-corrected chi connectivity index (χ2v) is 20.7. The first-order valence-corrected chi connectivity index (χ1v) is 24.0. The SMILES string of the molecule is CN[C@H]1C[C@@H](C)O[C@@H](O[C@@H]2[C@@H](C)[C@H](O[C@H]3C[C@@](C)(OC)[C@@H](O)[C@H](C)O3)[C@@H](C)C(=O)O[C@H](I)[C@@]3(C)OC(=O)C(SCc4ccc(OC)cc4)[C@@H]3[C@@H](C)C(=O)[C@H](C)C[C@@]2(C)OC)[C@@H]1O. The van der Waals surface area contributed by atoms with Crippen LogP contribution < -0.4 is 10.1 Å². The summed E-state index contributed by atoms with van der Waals surface area (Å²) in [5.74, 6) is -3.87. The van der Waals surface area contributed by atoms with Gasteiger partial charge in [-0.25, -0.2) is 0 Å².